The van der Waals surface area contributed by atoms with Crippen LogP contribution in [0.2, 0.25) is 0 Å². The molecule has 0 aromatic heterocycles. The topological polar surface area (TPSA) is 58.6 Å². The predicted molar refractivity (Wildman–Crippen MR) is 99.0 cm³/mol. The molecular weight excluding hydrogens is 314 g/mol. The molecule has 1 aromatic carbocycles. The molecule has 0 bridgehead atoms. The van der Waals surface area contributed by atoms with E-state index < -0.39 is 11.4 Å². The van der Waals surface area contributed by atoms with Crippen LogP contribution in [0, 0.1) is 5.92 Å². The van der Waals surface area contributed by atoms with Crippen LogP contribution in [0.25, 0.3) is 0 Å². The number of para-hydroxylation sites is 1. The monoisotopic (exact) mass is 341 g/mol. The molecule has 2 aliphatic rings. The lowest BCUT2D eigenvalue weighted by molar-refractivity contribution is -0.141. The highest BCUT2D eigenvalue weighted by atomic mass is 16.5. The first-order valence-electron chi connectivity index (χ1n) is 9.23. The van der Waals surface area contributed by atoms with Gasteiger partial charge in [-0.15, -0.1) is 0 Å². The number of carboxylic acids is 1. The lowest BCUT2D eigenvalue weighted by Gasteiger charge is -2.29. The summed E-state index contributed by atoms with van der Waals surface area (Å²) in [4.78, 5) is 12.0. The summed E-state index contributed by atoms with van der Waals surface area (Å²) in [5, 5.41) is 13.3. The fourth-order valence-electron chi connectivity index (χ4n) is 3.78. The maximum absolute atomic E-state index is 12.0. The average Bonchev–Trinajstić information content (AvgIpc) is 2.67. The van der Waals surface area contributed by atoms with Crippen molar-refractivity contribution in [2.45, 2.75) is 37.5 Å². The van der Waals surface area contributed by atoms with Crippen LogP contribution in [0.4, 0.5) is 0 Å². The third-order valence-electron chi connectivity index (χ3n) is 5.23. The Balaban J connectivity index is 1.65. The molecule has 4 heteroatoms. The molecule has 25 heavy (non-hydrogen) atoms. The lowest BCUT2D eigenvalue weighted by Crippen LogP contribution is -2.34. The quantitative estimate of drug-likeness (QED) is 0.743. The number of carbonyl (C=O) groups is 1. The second-order valence-electron chi connectivity index (χ2n) is 6.97. The molecule has 134 valence electrons. The summed E-state index contributed by atoms with van der Waals surface area (Å²) >= 11 is 0. The van der Waals surface area contributed by atoms with Crippen molar-refractivity contribution in [2.24, 2.45) is 5.92 Å². The van der Waals surface area contributed by atoms with Gasteiger partial charge in [-0.2, -0.15) is 0 Å². The van der Waals surface area contributed by atoms with Crippen molar-refractivity contribution in [3.63, 3.8) is 0 Å². The number of piperidine rings is 1. The Morgan fingerprint density at radius 3 is 2.92 bits per heavy atom. The molecule has 0 spiro atoms. The molecule has 1 fully saturated rings. The van der Waals surface area contributed by atoms with Crippen LogP contribution < -0.4 is 10.1 Å². The highest BCUT2D eigenvalue weighted by molar-refractivity contribution is 5.86. The van der Waals surface area contributed by atoms with Crippen molar-refractivity contribution >= 4 is 5.97 Å². The van der Waals surface area contributed by atoms with Crippen molar-refractivity contribution in [3.05, 3.63) is 54.1 Å². The van der Waals surface area contributed by atoms with Gasteiger partial charge in [0.1, 0.15) is 11.2 Å². The van der Waals surface area contributed by atoms with E-state index in [9.17, 15) is 9.90 Å². The number of hydrogen-bond donors (Lipinski definition) is 2. The van der Waals surface area contributed by atoms with Crippen LogP contribution in [0.15, 0.2) is 48.6 Å². The van der Waals surface area contributed by atoms with E-state index in [4.69, 9.17) is 4.74 Å². The molecule has 2 atom stereocenters. The highest BCUT2D eigenvalue weighted by Crippen LogP contribution is 2.38. The zero-order valence-corrected chi connectivity index (χ0v) is 14.6. The Hall–Kier alpha value is -2.07. The minimum absolute atomic E-state index is 0.451. The molecule has 1 heterocycles. The Morgan fingerprint density at radius 1 is 1.32 bits per heavy atom. The van der Waals surface area contributed by atoms with E-state index in [2.05, 4.69) is 5.32 Å². The Kier molecular flexibility index (Phi) is 5.92. The van der Waals surface area contributed by atoms with E-state index in [1.54, 1.807) is 6.08 Å². The molecule has 0 radical (unpaired) electrons. The molecular formula is C21H27NO3. The Bertz CT molecular complexity index is 646. The van der Waals surface area contributed by atoms with Gasteiger partial charge in [0.05, 0.1) is 6.61 Å². The molecule has 2 unspecified atom stereocenters. The molecule has 0 saturated carbocycles. The minimum atomic E-state index is -1.03. The molecule has 2 N–H and O–H groups in total. The molecule has 1 saturated heterocycles. The number of nitrogens with one attached hydrogen (secondary N) is 1. The second-order valence-corrected chi connectivity index (χ2v) is 6.97. The third kappa shape index (κ3) is 4.13. The maximum atomic E-state index is 12.0. The van der Waals surface area contributed by atoms with E-state index in [1.807, 2.05) is 42.5 Å². The van der Waals surface area contributed by atoms with E-state index in [1.165, 1.54) is 12.8 Å². The number of ether oxygens (including phenoxy) is 1. The fraction of sp³-hybridized carbons (Fsp3) is 0.476. The SMILES string of the molecule is O=C(O)C1(c2ccccc2OCCCC2CCCNC2)C=CC=CC1. The van der Waals surface area contributed by atoms with Gasteiger partial charge >= 0.3 is 5.97 Å². The fourth-order valence-corrected chi connectivity index (χ4v) is 3.78. The zero-order chi connectivity index (χ0) is 17.5. The summed E-state index contributed by atoms with van der Waals surface area (Å²) in [7, 11) is 0. The van der Waals surface area contributed by atoms with Gasteiger partial charge in [-0.1, -0.05) is 42.5 Å². The smallest absolute Gasteiger partial charge is 0.318 e. The summed E-state index contributed by atoms with van der Waals surface area (Å²) in [5.41, 5.74) is -0.291. The molecule has 1 aromatic rings. The zero-order valence-electron chi connectivity index (χ0n) is 14.6. The van der Waals surface area contributed by atoms with Gasteiger partial charge in [0.25, 0.3) is 0 Å². The van der Waals surface area contributed by atoms with Crippen LogP contribution in [0.1, 0.15) is 37.7 Å². The first-order valence-corrected chi connectivity index (χ1v) is 9.23. The number of aliphatic carboxylic acids is 1. The first-order chi connectivity index (χ1) is 12.2. The Labute approximate surface area is 149 Å². The summed E-state index contributed by atoms with van der Waals surface area (Å²) in [6.45, 7) is 2.87. The van der Waals surface area contributed by atoms with Crippen molar-refractivity contribution in [1.29, 1.82) is 0 Å². The van der Waals surface area contributed by atoms with Gasteiger partial charge in [0.2, 0.25) is 0 Å². The molecule has 1 aliphatic heterocycles. The molecule has 0 amide bonds. The van der Waals surface area contributed by atoms with Gasteiger partial charge in [-0.05, 0) is 57.2 Å². The summed E-state index contributed by atoms with van der Waals surface area (Å²) in [6, 6.07) is 7.54. The van der Waals surface area contributed by atoms with E-state index in [0.29, 0.717) is 18.8 Å². The van der Waals surface area contributed by atoms with Crippen LogP contribution in [0.5, 0.6) is 5.75 Å². The molecule has 4 nitrogen and oxygen atoms in total. The minimum Gasteiger partial charge on any atom is -0.493 e. The number of benzene rings is 1. The molecule has 1 aliphatic carbocycles. The van der Waals surface area contributed by atoms with Crippen molar-refractivity contribution in [2.75, 3.05) is 19.7 Å². The third-order valence-corrected chi connectivity index (χ3v) is 5.23. The number of allylic oxidation sites excluding steroid dienone is 3. The van der Waals surface area contributed by atoms with E-state index in [-0.39, 0.29) is 0 Å². The first kappa shape index (κ1) is 17.7. The van der Waals surface area contributed by atoms with Crippen LogP contribution >= 0.6 is 0 Å². The summed E-state index contributed by atoms with van der Waals surface area (Å²) in [5.74, 6) is 0.591. The number of carboxylic acid groups (broad SMARTS) is 1. The normalized spacial score (nSPS) is 25.7. The van der Waals surface area contributed by atoms with Gasteiger partial charge in [0, 0.05) is 5.56 Å². The Morgan fingerprint density at radius 2 is 2.20 bits per heavy atom. The van der Waals surface area contributed by atoms with Crippen molar-refractivity contribution in [3.8, 4) is 5.75 Å². The standard InChI is InChI=1S/C21H27NO3/c23-20(24)21(12-4-1-5-13-21)18-10-2-3-11-19(18)25-15-7-9-17-8-6-14-22-16-17/h1-5,10-12,17,22H,6-9,13-16H2,(H,23,24). The van der Waals surface area contributed by atoms with Crippen molar-refractivity contribution in [1.82, 2.24) is 5.32 Å². The predicted octanol–water partition coefficient (Wildman–Crippen LogP) is 3.68. The number of rotatable bonds is 7. The lowest BCUT2D eigenvalue weighted by atomic mass is 9.75. The summed E-state index contributed by atoms with van der Waals surface area (Å²) in [6.07, 6.45) is 12.5. The van der Waals surface area contributed by atoms with Gasteiger partial charge in [-0.25, -0.2) is 0 Å². The van der Waals surface area contributed by atoms with E-state index >= 15 is 0 Å². The van der Waals surface area contributed by atoms with Crippen molar-refractivity contribution < 1.29 is 14.6 Å². The maximum Gasteiger partial charge on any atom is 0.318 e. The largest absolute Gasteiger partial charge is 0.493 e. The van der Waals surface area contributed by atoms with Crippen LogP contribution in [-0.4, -0.2) is 30.8 Å². The van der Waals surface area contributed by atoms with Crippen LogP contribution in [0.3, 0.4) is 0 Å². The molecule has 3 rings (SSSR count). The van der Waals surface area contributed by atoms with Crippen LogP contribution in [-0.2, 0) is 10.2 Å². The van der Waals surface area contributed by atoms with Gasteiger partial charge in [0.15, 0.2) is 0 Å². The summed E-state index contributed by atoms with van der Waals surface area (Å²) < 4.78 is 6.01. The van der Waals surface area contributed by atoms with Gasteiger partial charge in [-0.3, -0.25) is 4.79 Å². The number of hydrogen-bond acceptors (Lipinski definition) is 3. The highest BCUT2D eigenvalue weighted by Gasteiger charge is 2.39. The van der Waals surface area contributed by atoms with E-state index in [0.717, 1.165) is 37.4 Å². The average molecular weight is 341 g/mol. The van der Waals surface area contributed by atoms with Gasteiger partial charge < -0.3 is 15.2 Å². The second kappa shape index (κ2) is 8.34.